The van der Waals surface area contributed by atoms with E-state index in [0.717, 1.165) is 0 Å². The van der Waals surface area contributed by atoms with Gasteiger partial charge < -0.3 is 0 Å². The topological polar surface area (TPSA) is 88.5 Å². The molecule has 0 bridgehead atoms. The predicted octanol–water partition coefficient (Wildman–Crippen LogP) is 3.57. The summed E-state index contributed by atoms with van der Waals surface area (Å²) in [6, 6.07) is 16.0. The van der Waals surface area contributed by atoms with E-state index in [1.54, 1.807) is 36.4 Å². The van der Waals surface area contributed by atoms with Crippen LogP contribution in [0.1, 0.15) is 46.4 Å². The van der Waals surface area contributed by atoms with Crippen molar-refractivity contribution in [2.24, 2.45) is 5.41 Å². The first-order chi connectivity index (χ1) is 13.4. The third kappa shape index (κ3) is 3.77. The van der Waals surface area contributed by atoms with E-state index >= 15 is 0 Å². The van der Waals surface area contributed by atoms with Gasteiger partial charge in [-0.15, -0.1) is 5.92 Å². The van der Waals surface area contributed by atoms with Gasteiger partial charge in [0.2, 0.25) is 0 Å². The molecule has 0 heterocycles. The van der Waals surface area contributed by atoms with Crippen molar-refractivity contribution in [3.05, 3.63) is 71.8 Å². The first kappa shape index (κ1) is 20.0. The highest BCUT2D eigenvalue weighted by molar-refractivity contribution is 7.86. The summed E-state index contributed by atoms with van der Waals surface area (Å²) in [5.74, 6) is 4.10. The minimum atomic E-state index is -4.72. The Hall–Kier alpha value is -2.75. The first-order valence-corrected chi connectivity index (χ1v) is 10.5. The molecular weight excluding hydrogens is 376 g/mol. The minimum absolute atomic E-state index is 0.0232. The molecule has 0 radical (unpaired) electrons. The summed E-state index contributed by atoms with van der Waals surface area (Å²) in [5.41, 5.74) is -1.85. The standard InChI is InChI=1S/C22H20O5S/c23-20(17-11-5-3-6-12-17)22(21(24)18-13-7-4-8-14-18)16-10-2-1-9-15-19(22)28(25,26)27/h3-8,11-14,19H,1-2,9,15H2,(H,25,26,27). The predicted molar refractivity (Wildman–Crippen MR) is 106 cm³/mol. The molecule has 2 aromatic rings. The maximum atomic E-state index is 13.6. The van der Waals surface area contributed by atoms with Crippen molar-refractivity contribution in [1.29, 1.82) is 0 Å². The zero-order valence-electron chi connectivity index (χ0n) is 15.2. The molecule has 144 valence electrons. The van der Waals surface area contributed by atoms with Crippen LogP contribution in [0.15, 0.2) is 60.7 Å². The van der Waals surface area contributed by atoms with Crippen LogP contribution < -0.4 is 0 Å². The van der Waals surface area contributed by atoms with Crippen LogP contribution in [-0.4, -0.2) is 29.8 Å². The number of hydrogen-bond donors (Lipinski definition) is 1. The van der Waals surface area contributed by atoms with Crippen LogP contribution in [0.4, 0.5) is 0 Å². The molecule has 5 nitrogen and oxygen atoms in total. The molecule has 0 saturated carbocycles. The number of rotatable bonds is 5. The third-order valence-corrected chi connectivity index (χ3v) is 6.24. The van der Waals surface area contributed by atoms with E-state index in [1.807, 2.05) is 0 Å². The Morgan fingerprint density at radius 2 is 1.39 bits per heavy atom. The van der Waals surface area contributed by atoms with E-state index in [9.17, 15) is 22.6 Å². The van der Waals surface area contributed by atoms with E-state index in [2.05, 4.69) is 11.8 Å². The van der Waals surface area contributed by atoms with Crippen LogP contribution in [0.25, 0.3) is 0 Å². The Morgan fingerprint density at radius 3 is 1.86 bits per heavy atom. The molecule has 28 heavy (non-hydrogen) atoms. The Bertz CT molecular complexity index is 979. The zero-order valence-corrected chi connectivity index (χ0v) is 16.0. The van der Waals surface area contributed by atoms with Gasteiger partial charge >= 0.3 is 0 Å². The van der Waals surface area contributed by atoms with Gasteiger partial charge in [-0.1, -0.05) is 73.0 Å². The summed E-state index contributed by atoms with van der Waals surface area (Å²) in [6.07, 6.45) is 1.49. The monoisotopic (exact) mass is 396 g/mol. The lowest BCUT2D eigenvalue weighted by Gasteiger charge is -2.33. The van der Waals surface area contributed by atoms with Crippen molar-refractivity contribution in [2.75, 3.05) is 0 Å². The molecule has 1 N–H and O–H groups in total. The average molecular weight is 396 g/mol. The molecule has 1 aliphatic carbocycles. The molecule has 2 aromatic carbocycles. The van der Waals surface area contributed by atoms with E-state index in [4.69, 9.17) is 0 Å². The van der Waals surface area contributed by atoms with Gasteiger partial charge in [0.15, 0.2) is 17.0 Å². The van der Waals surface area contributed by atoms with E-state index < -0.39 is 32.3 Å². The lowest BCUT2D eigenvalue weighted by atomic mass is 9.70. The summed E-state index contributed by atoms with van der Waals surface area (Å²) in [5, 5.41) is -1.63. The molecule has 0 aliphatic heterocycles. The molecule has 0 amide bonds. The molecule has 6 heteroatoms. The van der Waals surface area contributed by atoms with Gasteiger partial charge in [-0.3, -0.25) is 14.1 Å². The third-order valence-electron chi connectivity index (χ3n) is 4.93. The Balaban J connectivity index is 2.31. The molecule has 0 spiro atoms. The Morgan fingerprint density at radius 1 is 0.893 bits per heavy atom. The lowest BCUT2D eigenvalue weighted by molar-refractivity contribution is 0.0721. The fourth-order valence-corrected chi connectivity index (χ4v) is 4.74. The van der Waals surface area contributed by atoms with Crippen LogP contribution in [0.3, 0.4) is 0 Å². The lowest BCUT2D eigenvalue weighted by Crippen LogP contribution is -2.51. The SMILES string of the molecule is O=C(c1ccccc1)C1(C(=O)c2ccccc2)C#CCCCCC1S(=O)(=O)O. The quantitative estimate of drug-likeness (QED) is 0.361. The molecule has 1 unspecified atom stereocenters. The molecule has 0 aromatic heterocycles. The van der Waals surface area contributed by atoms with E-state index in [1.165, 1.54) is 24.3 Å². The van der Waals surface area contributed by atoms with Gasteiger partial charge in [0, 0.05) is 17.5 Å². The van der Waals surface area contributed by atoms with Crippen LogP contribution in [0.5, 0.6) is 0 Å². The minimum Gasteiger partial charge on any atom is -0.292 e. The van der Waals surface area contributed by atoms with Crippen molar-refractivity contribution < 1.29 is 22.6 Å². The summed E-state index contributed by atoms with van der Waals surface area (Å²) in [6.45, 7) is 0. The second kappa shape index (κ2) is 8.09. The van der Waals surface area contributed by atoms with Crippen LogP contribution in [-0.2, 0) is 10.1 Å². The number of benzene rings is 2. The maximum Gasteiger partial charge on any atom is 0.270 e. The second-order valence-electron chi connectivity index (χ2n) is 6.75. The molecule has 3 rings (SSSR count). The summed E-state index contributed by atoms with van der Waals surface area (Å²) in [7, 11) is -4.72. The van der Waals surface area contributed by atoms with Crippen molar-refractivity contribution in [1.82, 2.24) is 0 Å². The summed E-state index contributed by atoms with van der Waals surface area (Å²) in [4.78, 5) is 27.1. The number of hydrogen-bond acceptors (Lipinski definition) is 4. The van der Waals surface area contributed by atoms with Crippen LogP contribution >= 0.6 is 0 Å². The number of Topliss-reactive ketones (excluding diaryl/α,β-unsaturated/α-hetero) is 2. The number of carbonyl (C=O) groups is 2. The molecular formula is C22H20O5S. The fourth-order valence-electron chi connectivity index (χ4n) is 3.56. The van der Waals surface area contributed by atoms with E-state index in [0.29, 0.717) is 19.3 Å². The summed E-state index contributed by atoms with van der Waals surface area (Å²) >= 11 is 0. The van der Waals surface area contributed by atoms with Crippen LogP contribution in [0.2, 0.25) is 0 Å². The highest BCUT2D eigenvalue weighted by Crippen LogP contribution is 2.38. The fraction of sp³-hybridized carbons (Fsp3) is 0.273. The molecule has 0 saturated heterocycles. The molecule has 1 aliphatic rings. The second-order valence-corrected chi connectivity index (χ2v) is 8.35. The highest BCUT2D eigenvalue weighted by Gasteiger charge is 2.56. The number of ketones is 2. The number of carbonyl (C=O) groups excluding carboxylic acids is 2. The average Bonchev–Trinajstić information content (AvgIpc) is 2.68. The normalized spacial score (nSPS) is 18.8. The first-order valence-electron chi connectivity index (χ1n) is 9.03. The zero-order chi connectivity index (χ0) is 20.2. The van der Waals surface area contributed by atoms with Gasteiger partial charge in [-0.25, -0.2) is 0 Å². The Kier molecular flexibility index (Phi) is 5.78. The van der Waals surface area contributed by atoms with Gasteiger partial charge in [0.1, 0.15) is 5.25 Å². The van der Waals surface area contributed by atoms with Crippen molar-refractivity contribution in [2.45, 2.75) is 30.9 Å². The largest absolute Gasteiger partial charge is 0.292 e. The highest BCUT2D eigenvalue weighted by atomic mass is 32.2. The summed E-state index contributed by atoms with van der Waals surface area (Å²) < 4.78 is 34.6. The Labute approximate surface area is 164 Å². The van der Waals surface area contributed by atoms with Gasteiger partial charge in [-0.05, 0) is 12.8 Å². The van der Waals surface area contributed by atoms with Crippen LogP contribution in [0, 0.1) is 17.3 Å². The smallest absolute Gasteiger partial charge is 0.270 e. The van der Waals surface area contributed by atoms with Gasteiger partial charge in [-0.2, -0.15) is 8.42 Å². The van der Waals surface area contributed by atoms with Crippen molar-refractivity contribution >= 4 is 21.7 Å². The van der Waals surface area contributed by atoms with Gasteiger partial charge in [0.05, 0.1) is 0 Å². The maximum absolute atomic E-state index is 13.6. The van der Waals surface area contributed by atoms with E-state index in [-0.39, 0.29) is 17.5 Å². The molecule has 0 fully saturated rings. The van der Waals surface area contributed by atoms with Crippen molar-refractivity contribution in [3.63, 3.8) is 0 Å². The molecule has 1 atom stereocenters. The van der Waals surface area contributed by atoms with Gasteiger partial charge in [0.25, 0.3) is 10.1 Å². The van der Waals surface area contributed by atoms with Crippen molar-refractivity contribution in [3.8, 4) is 11.8 Å².